The Morgan fingerprint density at radius 3 is 2.76 bits per heavy atom. The quantitative estimate of drug-likeness (QED) is 0.852. The summed E-state index contributed by atoms with van der Waals surface area (Å²) in [6, 6.07) is 3.85. The molecule has 1 heterocycles. The van der Waals surface area contributed by atoms with Gasteiger partial charge in [-0.1, -0.05) is 6.92 Å². The lowest BCUT2D eigenvalue weighted by Gasteiger charge is -2.27. The van der Waals surface area contributed by atoms with Gasteiger partial charge in [-0.2, -0.15) is 0 Å². The number of amides is 1. The minimum Gasteiger partial charge on any atom is -0.372 e. The first-order valence-corrected chi connectivity index (χ1v) is 6.09. The van der Waals surface area contributed by atoms with Crippen molar-refractivity contribution in [2.75, 3.05) is 18.9 Å². The average Bonchev–Trinajstić information content (AvgIpc) is 2.38. The van der Waals surface area contributed by atoms with Crippen molar-refractivity contribution in [3.8, 4) is 0 Å². The number of aromatic nitrogens is 1. The van der Waals surface area contributed by atoms with Crippen LogP contribution in [0.25, 0.3) is 0 Å². The zero-order chi connectivity index (χ0) is 12.8. The highest BCUT2D eigenvalue weighted by Crippen LogP contribution is 2.16. The largest absolute Gasteiger partial charge is 0.372 e. The predicted molar refractivity (Wildman–Crippen MR) is 70.2 cm³/mol. The molecule has 4 nitrogen and oxygen atoms in total. The monoisotopic (exact) mass is 235 g/mol. The number of nitrogens with one attached hydrogen (secondary N) is 1. The highest BCUT2D eigenvalue weighted by atomic mass is 16.2. The van der Waals surface area contributed by atoms with Gasteiger partial charge in [0.15, 0.2) is 0 Å². The summed E-state index contributed by atoms with van der Waals surface area (Å²) in [5.74, 6) is 0.679. The number of anilines is 1. The molecule has 0 aromatic carbocycles. The molecule has 0 aliphatic heterocycles. The van der Waals surface area contributed by atoms with Crippen molar-refractivity contribution in [3.63, 3.8) is 0 Å². The maximum atomic E-state index is 12.4. The van der Waals surface area contributed by atoms with Crippen molar-refractivity contribution in [3.05, 3.63) is 23.9 Å². The fourth-order valence-electron chi connectivity index (χ4n) is 1.81. The second-order valence-corrected chi connectivity index (χ2v) is 4.00. The van der Waals surface area contributed by atoms with Crippen LogP contribution in [-0.4, -0.2) is 35.4 Å². The van der Waals surface area contributed by atoms with E-state index in [2.05, 4.69) is 24.1 Å². The van der Waals surface area contributed by atoms with E-state index in [-0.39, 0.29) is 11.9 Å². The number of carbonyl (C=O) groups is 1. The predicted octanol–water partition coefficient (Wildman–Crippen LogP) is 2.38. The Morgan fingerprint density at radius 1 is 1.53 bits per heavy atom. The molecule has 1 rings (SSSR count). The highest BCUT2D eigenvalue weighted by molar-refractivity contribution is 5.98. The van der Waals surface area contributed by atoms with Crippen LogP contribution in [0.3, 0.4) is 0 Å². The van der Waals surface area contributed by atoms with Crippen LogP contribution in [0.2, 0.25) is 0 Å². The van der Waals surface area contributed by atoms with Gasteiger partial charge in [-0.3, -0.25) is 4.79 Å². The lowest BCUT2D eigenvalue weighted by atomic mass is 10.1. The number of hydrogen-bond donors (Lipinski definition) is 1. The molecule has 0 spiro atoms. The summed E-state index contributed by atoms with van der Waals surface area (Å²) in [6.45, 7) is 6.87. The summed E-state index contributed by atoms with van der Waals surface area (Å²) in [5.41, 5.74) is 0.636. The van der Waals surface area contributed by atoms with Gasteiger partial charge >= 0.3 is 0 Å². The fourth-order valence-corrected chi connectivity index (χ4v) is 1.81. The molecule has 4 heteroatoms. The third-order valence-electron chi connectivity index (χ3n) is 3.00. The lowest BCUT2D eigenvalue weighted by molar-refractivity contribution is 0.0700. The molecule has 1 N–H and O–H groups in total. The van der Waals surface area contributed by atoms with E-state index in [4.69, 9.17) is 0 Å². The molecule has 1 aromatic heterocycles. The van der Waals surface area contributed by atoms with Gasteiger partial charge in [-0.25, -0.2) is 4.98 Å². The van der Waals surface area contributed by atoms with Gasteiger partial charge < -0.3 is 10.2 Å². The topological polar surface area (TPSA) is 45.2 Å². The van der Waals surface area contributed by atoms with E-state index < -0.39 is 0 Å². The van der Waals surface area contributed by atoms with Crippen molar-refractivity contribution in [2.45, 2.75) is 33.2 Å². The van der Waals surface area contributed by atoms with Gasteiger partial charge in [0.2, 0.25) is 0 Å². The van der Waals surface area contributed by atoms with Crippen molar-refractivity contribution in [1.82, 2.24) is 9.88 Å². The van der Waals surface area contributed by atoms with Crippen LogP contribution in [0.1, 0.15) is 37.6 Å². The van der Waals surface area contributed by atoms with E-state index in [1.54, 1.807) is 19.3 Å². The number of pyridine rings is 1. The number of rotatable bonds is 5. The van der Waals surface area contributed by atoms with Crippen LogP contribution in [0, 0.1) is 0 Å². The first-order chi connectivity index (χ1) is 8.15. The Hall–Kier alpha value is -1.58. The molecule has 1 amide bonds. The Labute approximate surface area is 103 Å². The smallest absolute Gasteiger partial charge is 0.257 e. The van der Waals surface area contributed by atoms with Gasteiger partial charge in [0.25, 0.3) is 5.91 Å². The van der Waals surface area contributed by atoms with Crippen molar-refractivity contribution < 1.29 is 4.79 Å². The first kappa shape index (κ1) is 13.5. The van der Waals surface area contributed by atoms with Crippen molar-refractivity contribution in [1.29, 1.82) is 0 Å². The Balaban J connectivity index is 3.01. The Kier molecular flexibility index (Phi) is 4.94. The van der Waals surface area contributed by atoms with E-state index in [9.17, 15) is 4.79 Å². The van der Waals surface area contributed by atoms with Crippen LogP contribution in [0.5, 0.6) is 0 Å². The van der Waals surface area contributed by atoms with E-state index in [1.807, 2.05) is 17.9 Å². The molecule has 94 valence electrons. The van der Waals surface area contributed by atoms with Crippen LogP contribution in [0.15, 0.2) is 18.3 Å². The first-order valence-electron chi connectivity index (χ1n) is 6.09. The molecular formula is C13H21N3O. The minimum absolute atomic E-state index is 0.0410. The molecule has 1 atom stereocenters. The summed E-state index contributed by atoms with van der Waals surface area (Å²) >= 11 is 0. The summed E-state index contributed by atoms with van der Waals surface area (Å²) in [5, 5.41) is 2.95. The van der Waals surface area contributed by atoms with Crippen molar-refractivity contribution >= 4 is 11.7 Å². The zero-order valence-electron chi connectivity index (χ0n) is 11.0. The lowest BCUT2D eigenvalue weighted by Crippen LogP contribution is -2.38. The van der Waals surface area contributed by atoms with E-state index in [0.29, 0.717) is 17.9 Å². The standard InChI is InChI=1S/C13H21N3O/c1-5-10(3)16(6-2)13(17)11-8-7-9-15-12(11)14-4/h7-10H,5-6H2,1-4H3,(H,14,15). The summed E-state index contributed by atoms with van der Waals surface area (Å²) < 4.78 is 0. The molecule has 1 unspecified atom stereocenters. The molecule has 0 aliphatic rings. The van der Waals surface area contributed by atoms with E-state index in [0.717, 1.165) is 6.42 Å². The summed E-state index contributed by atoms with van der Waals surface area (Å²) in [7, 11) is 1.78. The van der Waals surface area contributed by atoms with Gasteiger partial charge in [-0.05, 0) is 32.4 Å². The molecule has 17 heavy (non-hydrogen) atoms. The van der Waals surface area contributed by atoms with Gasteiger partial charge in [0, 0.05) is 25.8 Å². The Bertz CT molecular complexity index is 379. The number of nitrogens with zero attached hydrogens (tertiary/aromatic N) is 2. The minimum atomic E-state index is 0.0410. The molecular weight excluding hydrogens is 214 g/mol. The summed E-state index contributed by atoms with van der Waals surface area (Å²) in [4.78, 5) is 18.4. The van der Waals surface area contributed by atoms with E-state index in [1.165, 1.54) is 0 Å². The molecule has 1 aromatic rings. The second kappa shape index (κ2) is 6.23. The highest BCUT2D eigenvalue weighted by Gasteiger charge is 2.21. The van der Waals surface area contributed by atoms with Gasteiger partial charge in [-0.15, -0.1) is 0 Å². The maximum Gasteiger partial charge on any atom is 0.257 e. The SMILES string of the molecule is CCC(C)N(CC)C(=O)c1cccnc1NC. The Morgan fingerprint density at radius 2 is 2.24 bits per heavy atom. The molecule has 0 saturated carbocycles. The van der Waals surface area contributed by atoms with E-state index >= 15 is 0 Å². The van der Waals surface area contributed by atoms with Crippen molar-refractivity contribution in [2.24, 2.45) is 0 Å². The third kappa shape index (κ3) is 2.96. The van der Waals surface area contributed by atoms with Crippen LogP contribution < -0.4 is 5.32 Å². The molecule has 0 saturated heterocycles. The molecule has 0 radical (unpaired) electrons. The third-order valence-corrected chi connectivity index (χ3v) is 3.00. The normalized spacial score (nSPS) is 12.0. The fraction of sp³-hybridized carbons (Fsp3) is 0.538. The number of carbonyl (C=O) groups excluding carboxylic acids is 1. The summed E-state index contributed by atoms with van der Waals surface area (Å²) in [6.07, 6.45) is 2.64. The zero-order valence-corrected chi connectivity index (χ0v) is 11.0. The van der Waals surface area contributed by atoms with Crippen LogP contribution in [0.4, 0.5) is 5.82 Å². The molecule has 0 aliphatic carbocycles. The molecule has 0 bridgehead atoms. The van der Waals surface area contributed by atoms with Gasteiger partial charge in [0.05, 0.1) is 5.56 Å². The maximum absolute atomic E-state index is 12.4. The molecule has 0 fully saturated rings. The average molecular weight is 235 g/mol. The van der Waals surface area contributed by atoms with Gasteiger partial charge in [0.1, 0.15) is 5.82 Å². The van der Waals surface area contributed by atoms with Crippen LogP contribution in [-0.2, 0) is 0 Å². The number of hydrogen-bond acceptors (Lipinski definition) is 3. The van der Waals surface area contributed by atoms with Crippen LogP contribution >= 0.6 is 0 Å². The second-order valence-electron chi connectivity index (χ2n) is 4.00.